The van der Waals surface area contributed by atoms with Gasteiger partial charge in [-0.05, 0) is 43.4 Å². The summed E-state index contributed by atoms with van der Waals surface area (Å²) < 4.78 is 18.6. The van der Waals surface area contributed by atoms with Crippen LogP contribution in [0.4, 0.5) is 9.18 Å². The van der Waals surface area contributed by atoms with Crippen molar-refractivity contribution < 1.29 is 13.7 Å². The molecule has 0 saturated heterocycles. The number of amides is 2. The molecule has 146 valence electrons. The fraction of sp³-hybridized carbons (Fsp3) is 0.350. The summed E-state index contributed by atoms with van der Waals surface area (Å²) in [5.41, 5.74) is 4.53. The first-order valence-corrected chi connectivity index (χ1v) is 9.35. The Morgan fingerprint density at radius 3 is 3.04 bits per heavy atom. The third-order valence-electron chi connectivity index (χ3n) is 4.97. The van der Waals surface area contributed by atoms with Crippen molar-refractivity contribution in [2.75, 3.05) is 7.05 Å². The fourth-order valence-corrected chi connectivity index (χ4v) is 3.45. The maximum Gasteiger partial charge on any atom is 0.317 e. The summed E-state index contributed by atoms with van der Waals surface area (Å²) >= 11 is 0. The van der Waals surface area contributed by atoms with Gasteiger partial charge in [-0.15, -0.1) is 0 Å². The highest BCUT2D eigenvalue weighted by Gasteiger charge is 2.19. The molecule has 1 aliphatic carbocycles. The quantitative estimate of drug-likeness (QED) is 0.707. The van der Waals surface area contributed by atoms with Crippen LogP contribution in [0, 0.1) is 5.82 Å². The van der Waals surface area contributed by atoms with Crippen molar-refractivity contribution in [3.8, 4) is 11.3 Å². The van der Waals surface area contributed by atoms with Crippen LogP contribution in [0.15, 0.2) is 34.9 Å². The van der Waals surface area contributed by atoms with E-state index in [1.807, 2.05) is 0 Å². The average molecular weight is 383 g/mol. The number of aromatic amines is 1. The van der Waals surface area contributed by atoms with Gasteiger partial charge in [0.05, 0.1) is 18.8 Å². The first-order valence-electron chi connectivity index (χ1n) is 9.35. The Hall–Kier alpha value is -3.16. The number of carbonyl (C=O) groups excluding carboxylic acids is 1. The first-order chi connectivity index (χ1) is 13.6. The summed E-state index contributed by atoms with van der Waals surface area (Å²) in [5, 5.41) is 14.2. The van der Waals surface area contributed by atoms with Gasteiger partial charge in [-0.3, -0.25) is 5.10 Å². The van der Waals surface area contributed by atoms with Crippen molar-refractivity contribution in [2.24, 2.45) is 0 Å². The average Bonchev–Trinajstić information content (AvgIpc) is 3.34. The minimum atomic E-state index is -0.336. The van der Waals surface area contributed by atoms with Gasteiger partial charge >= 0.3 is 6.03 Å². The standard InChI is InChI=1S/C20H22FN5O2/c1-26(12-19-16-7-2-3-8-17(16)23-24-19)20(27)22-11-15-10-18(25-28-15)13-5-4-6-14(21)9-13/h4-6,9-10H,2-3,7-8,11-12H2,1H3,(H,22,27)(H,23,24). The number of H-pyrrole nitrogens is 1. The van der Waals surface area contributed by atoms with Crippen molar-refractivity contribution >= 4 is 6.03 Å². The number of aryl methyl sites for hydroxylation is 1. The van der Waals surface area contributed by atoms with E-state index >= 15 is 0 Å². The molecule has 0 unspecified atom stereocenters. The minimum absolute atomic E-state index is 0.199. The van der Waals surface area contributed by atoms with E-state index in [9.17, 15) is 9.18 Å². The Balaban J connectivity index is 1.33. The largest absolute Gasteiger partial charge is 0.359 e. The number of hydrogen-bond acceptors (Lipinski definition) is 4. The van der Waals surface area contributed by atoms with Gasteiger partial charge in [0.1, 0.15) is 11.5 Å². The molecule has 8 heteroatoms. The molecule has 7 nitrogen and oxygen atoms in total. The number of benzene rings is 1. The third kappa shape index (κ3) is 3.90. The van der Waals surface area contributed by atoms with Gasteiger partial charge < -0.3 is 14.7 Å². The van der Waals surface area contributed by atoms with Crippen LogP contribution in [0.25, 0.3) is 11.3 Å². The molecule has 1 aliphatic rings. The zero-order valence-electron chi connectivity index (χ0n) is 15.7. The van der Waals surface area contributed by atoms with Gasteiger partial charge in [-0.2, -0.15) is 5.10 Å². The Morgan fingerprint density at radius 1 is 1.32 bits per heavy atom. The zero-order valence-corrected chi connectivity index (χ0v) is 15.7. The van der Waals surface area contributed by atoms with E-state index in [-0.39, 0.29) is 18.4 Å². The van der Waals surface area contributed by atoms with E-state index < -0.39 is 0 Å². The summed E-state index contributed by atoms with van der Waals surface area (Å²) in [7, 11) is 1.73. The molecular formula is C20H22FN5O2. The SMILES string of the molecule is CN(Cc1n[nH]c2c1CCCC2)C(=O)NCc1cc(-c2cccc(F)c2)no1. The second kappa shape index (κ2) is 7.84. The second-order valence-electron chi connectivity index (χ2n) is 7.04. The number of nitrogens with one attached hydrogen (secondary N) is 2. The lowest BCUT2D eigenvalue weighted by atomic mass is 9.96. The van der Waals surface area contributed by atoms with Crippen molar-refractivity contribution in [2.45, 2.75) is 38.8 Å². The second-order valence-corrected chi connectivity index (χ2v) is 7.04. The van der Waals surface area contributed by atoms with Crippen LogP contribution >= 0.6 is 0 Å². The lowest BCUT2D eigenvalue weighted by Crippen LogP contribution is -2.36. The number of nitrogens with zero attached hydrogens (tertiary/aromatic N) is 3. The predicted octanol–water partition coefficient (Wildman–Crippen LogP) is 3.42. The zero-order chi connectivity index (χ0) is 19.5. The summed E-state index contributed by atoms with van der Waals surface area (Å²) in [6.45, 7) is 0.646. The molecular weight excluding hydrogens is 361 g/mol. The predicted molar refractivity (Wildman–Crippen MR) is 101 cm³/mol. The van der Waals surface area contributed by atoms with E-state index in [2.05, 4.69) is 20.7 Å². The summed E-state index contributed by atoms with van der Waals surface area (Å²) in [6.07, 6.45) is 4.38. The molecule has 2 heterocycles. The molecule has 2 aromatic heterocycles. The van der Waals surface area contributed by atoms with Crippen molar-refractivity contribution in [3.05, 3.63) is 58.9 Å². The fourth-order valence-electron chi connectivity index (χ4n) is 3.45. The molecule has 0 saturated carbocycles. The number of aromatic nitrogens is 3. The molecule has 1 aromatic carbocycles. The molecule has 0 spiro atoms. The molecule has 0 atom stereocenters. The Kier molecular flexibility index (Phi) is 5.10. The van der Waals surface area contributed by atoms with E-state index in [1.54, 1.807) is 30.1 Å². The lowest BCUT2D eigenvalue weighted by molar-refractivity contribution is 0.204. The van der Waals surface area contributed by atoms with Crippen molar-refractivity contribution in [1.29, 1.82) is 0 Å². The van der Waals surface area contributed by atoms with Gasteiger partial charge in [0.2, 0.25) is 0 Å². The molecule has 0 radical (unpaired) electrons. The number of halogens is 1. The summed E-state index contributed by atoms with van der Waals surface area (Å²) in [5.74, 6) is 0.163. The van der Waals surface area contributed by atoms with Crippen LogP contribution in [0.2, 0.25) is 0 Å². The minimum Gasteiger partial charge on any atom is -0.359 e. The molecule has 2 amide bonds. The van der Waals surface area contributed by atoms with E-state index in [0.717, 1.165) is 25.0 Å². The molecule has 4 rings (SSSR count). The molecule has 2 N–H and O–H groups in total. The van der Waals surface area contributed by atoms with Crippen LogP contribution in [0.1, 0.15) is 35.6 Å². The van der Waals surface area contributed by atoms with Gasteiger partial charge in [-0.1, -0.05) is 17.3 Å². The number of fused-ring (bicyclic) bond motifs is 1. The summed E-state index contributed by atoms with van der Waals surface area (Å²) in [6, 6.07) is 7.59. The van der Waals surface area contributed by atoms with Crippen LogP contribution in [-0.4, -0.2) is 33.3 Å². The van der Waals surface area contributed by atoms with E-state index in [4.69, 9.17) is 4.52 Å². The topological polar surface area (TPSA) is 87.0 Å². The summed E-state index contributed by atoms with van der Waals surface area (Å²) in [4.78, 5) is 14.0. The van der Waals surface area contributed by atoms with Crippen LogP contribution in [-0.2, 0) is 25.9 Å². The normalized spacial score (nSPS) is 13.2. The molecule has 0 fully saturated rings. The van der Waals surface area contributed by atoms with E-state index in [0.29, 0.717) is 23.6 Å². The highest BCUT2D eigenvalue weighted by atomic mass is 19.1. The third-order valence-corrected chi connectivity index (χ3v) is 4.97. The smallest absolute Gasteiger partial charge is 0.317 e. The van der Waals surface area contributed by atoms with Crippen LogP contribution < -0.4 is 5.32 Å². The van der Waals surface area contributed by atoms with Gasteiger partial charge in [0.15, 0.2) is 5.76 Å². The molecule has 28 heavy (non-hydrogen) atoms. The lowest BCUT2D eigenvalue weighted by Gasteiger charge is -2.18. The van der Waals surface area contributed by atoms with Gasteiger partial charge in [-0.25, -0.2) is 9.18 Å². The van der Waals surface area contributed by atoms with Crippen LogP contribution in [0.3, 0.4) is 0 Å². The number of rotatable bonds is 5. The van der Waals surface area contributed by atoms with Crippen molar-refractivity contribution in [1.82, 2.24) is 25.6 Å². The maximum atomic E-state index is 13.3. The Labute approximate surface area is 161 Å². The highest BCUT2D eigenvalue weighted by Crippen LogP contribution is 2.23. The number of hydrogen-bond donors (Lipinski definition) is 2. The van der Waals surface area contributed by atoms with Crippen molar-refractivity contribution in [3.63, 3.8) is 0 Å². The number of carbonyl (C=O) groups is 1. The highest BCUT2D eigenvalue weighted by molar-refractivity contribution is 5.73. The molecule has 0 aliphatic heterocycles. The molecule has 0 bridgehead atoms. The van der Waals surface area contributed by atoms with Crippen LogP contribution in [0.5, 0.6) is 0 Å². The van der Waals surface area contributed by atoms with Gasteiger partial charge in [0, 0.05) is 24.4 Å². The van der Waals surface area contributed by atoms with E-state index in [1.165, 1.54) is 29.8 Å². The number of urea groups is 1. The van der Waals surface area contributed by atoms with Gasteiger partial charge in [0.25, 0.3) is 0 Å². The molecule has 3 aromatic rings. The maximum absolute atomic E-state index is 13.3. The Morgan fingerprint density at radius 2 is 2.18 bits per heavy atom. The monoisotopic (exact) mass is 383 g/mol. The first kappa shape index (κ1) is 18.2. The Bertz CT molecular complexity index is 981.